The third-order valence-corrected chi connectivity index (χ3v) is 12.6. The normalized spacial score (nSPS) is 13.8. The average molecular weight is 767 g/mol. The highest BCUT2D eigenvalue weighted by Gasteiger charge is 2.53. The lowest BCUT2D eigenvalue weighted by Crippen LogP contribution is -2.40. The highest BCUT2D eigenvalue weighted by Crippen LogP contribution is 2.62. The topological polar surface area (TPSA) is 62.5 Å². The molecule has 0 fully saturated rings. The molecule has 1 spiro atoms. The lowest BCUT2D eigenvalue weighted by atomic mass is 9.55. The molecule has 282 valence electrons. The molecule has 11 rings (SSSR count). The molecule has 0 saturated carbocycles. The van der Waals surface area contributed by atoms with Crippen LogP contribution in [0.1, 0.15) is 52.8 Å². The van der Waals surface area contributed by atoms with Gasteiger partial charge in [0, 0.05) is 22.1 Å². The van der Waals surface area contributed by atoms with Gasteiger partial charge in [0.05, 0.1) is 17.0 Å². The van der Waals surface area contributed by atoms with Gasteiger partial charge >= 0.3 is 0 Å². The molecular formula is C56H38N4. The van der Waals surface area contributed by atoms with Crippen molar-refractivity contribution in [2.24, 2.45) is 0 Å². The van der Waals surface area contributed by atoms with Crippen molar-refractivity contribution >= 4 is 0 Å². The van der Waals surface area contributed by atoms with Gasteiger partial charge in [0.25, 0.3) is 0 Å². The van der Waals surface area contributed by atoms with E-state index in [9.17, 15) is 5.26 Å². The lowest BCUT2D eigenvalue weighted by Gasteiger charge is -2.46. The van der Waals surface area contributed by atoms with Gasteiger partial charge < -0.3 is 0 Å². The lowest BCUT2D eigenvalue weighted by molar-refractivity contribution is 0.563. The first-order chi connectivity index (χ1) is 29.4. The summed E-state index contributed by atoms with van der Waals surface area (Å²) in [4.78, 5) is 15.5. The van der Waals surface area contributed by atoms with Crippen molar-refractivity contribution < 1.29 is 0 Å². The average Bonchev–Trinajstić information content (AvgIpc) is 3.61. The van der Waals surface area contributed by atoms with Gasteiger partial charge in [-0.25, -0.2) is 15.0 Å². The first kappa shape index (κ1) is 35.4. The molecule has 4 heteroatoms. The van der Waals surface area contributed by atoms with E-state index in [2.05, 4.69) is 147 Å². The second kappa shape index (κ2) is 13.7. The molecule has 4 nitrogen and oxygen atoms in total. The molecule has 2 aliphatic rings. The minimum Gasteiger partial charge on any atom is -0.208 e. The van der Waals surface area contributed by atoms with E-state index in [0.717, 1.165) is 38.9 Å². The summed E-state index contributed by atoms with van der Waals surface area (Å²) in [5.74, 6) is 1.78. The van der Waals surface area contributed by atoms with Gasteiger partial charge in [-0.2, -0.15) is 5.26 Å². The first-order valence-corrected chi connectivity index (χ1v) is 20.4. The molecular weight excluding hydrogens is 729 g/mol. The van der Waals surface area contributed by atoms with Gasteiger partial charge in [-0.05, 0) is 91.0 Å². The first-order valence-electron chi connectivity index (χ1n) is 20.4. The van der Waals surface area contributed by atoms with Crippen LogP contribution in [0.15, 0.2) is 194 Å². The molecule has 8 aromatic carbocycles. The quantitative estimate of drug-likeness (QED) is 0.175. The van der Waals surface area contributed by atoms with E-state index in [1.54, 1.807) is 0 Å². The van der Waals surface area contributed by atoms with Gasteiger partial charge in [0.2, 0.25) is 0 Å². The minimum atomic E-state index is -0.454. The monoisotopic (exact) mass is 766 g/mol. The van der Waals surface area contributed by atoms with E-state index in [1.807, 2.05) is 66.7 Å². The van der Waals surface area contributed by atoms with Crippen LogP contribution in [0, 0.1) is 11.3 Å². The number of benzene rings is 8. The Kier molecular flexibility index (Phi) is 8.08. The molecule has 1 heterocycles. The third-order valence-electron chi connectivity index (χ3n) is 12.6. The zero-order valence-electron chi connectivity index (χ0n) is 33.3. The van der Waals surface area contributed by atoms with Crippen molar-refractivity contribution in [3.8, 4) is 73.6 Å². The van der Waals surface area contributed by atoms with E-state index < -0.39 is 5.41 Å². The Bertz CT molecular complexity index is 3160. The number of aromatic nitrogens is 3. The summed E-state index contributed by atoms with van der Waals surface area (Å²) < 4.78 is 0. The summed E-state index contributed by atoms with van der Waals surface area (Å²) in [6, 6.07) is 70.8. The maximum Gasteiger partial charge on any atom is 0.164 e. The zero-order chi connectivity index (χ0) is 40.4. The fraction of sp³-hybridized carbons (Fsp3) is 0.0714. The SMILES string of the molecule is CC1(C)c2ccccc2C2(c3ccccc3-c3cc(-c4ccccc4-c4nc(-c5ccccc5)nc(-c5cccc(-c6cccc(C#N)c6)c5)n4)ccc32)c2ccccc21. The maximum absolute atomic E-state index is 9.58. The van der Waals surface area contributed by atoms with Crippen LogP contribution in [0.25, 0.3) is 67.5 Å². The summed E-state index contributed by atoms with van der Waals surface area (Å²) in [5, 5.41) is 9.58. The standard InChI is InChI=1S/C56H38N4/c1-55(2)48-26-10-12-28-50(48)56(51-29-13-11-27-49(51)55)46-25-9-8-23-43(46)45-34-40(30-31-47(45)56)42-22-6-7-24-44(42)54-59-52(37-17-4-3-5-18-37)58-53(60-54)41-21-15-20-39(33-41)38-19-14-16-36(32-38)35-57/h3-34H,1-2H3. The molecule has 0 unspecified atom stereocenters. The Morgan fingerprint density at radius 3 is 1.55 bits per heavy atom. The number of rotatable bonds is 5. The summed E-state index contributed by atoms with van der Waals surface area (Å²) in [6.45, 7) is 4.72. The van der Waals surface area contributed by atoms with Crippen molar-refractivity contribution in [2.45, 2.75) is 24.7 Å². The highest BCUT2D eigenvalue weighted by molar-refractivity contribution is 5.92. The fourth-order valence-corrected chi connectivity index (χ4v) is 9.91. The summed E-state index contributed by atoms with van der Waals surface area (Å²) in [5.41, 5.74) is 17.3. The van der Waals surface area contributed by atoms with Crippen LogP contribution in [-0.4, -0.2) is 15.0 Å². The number of nitriles is 1. The van der Waals surface area contributed by atoms with Crippen molar-refractivity contribution in [3.05, 3.63) is 233 Å². The predicted molar refractivity (Wildman–Crippen MR) is 241 cm³/mol. The van der Waals surface area contributed by atoms with Crippen LogP contribution in [0.2, 0.25) is 0 Å². The van der Waals surface area contributed by atoms with Crippen LogP contribution in [0.5, 0.6) is 0 Å². The molecule has 0 N–H and O–H groups in total. The Morgan fingerprint density at radius 1 is 0.350 bits per heavy atom. The highest BCUT2D eigenvalue weighted by atomic mass is 15.0. The molecule has 1 aromatic heterocycles. The number of nitrogens with zero attached hydrogens (tertiary/aromatic N) is 4. The molecule has 0 aliphatic heterocycles. The summed E-state index contributed by atoms with van der Waals surface area (Å²) >= 11 is 0. The second-order valence-electron chi connectivity index (χ2n) is 16.3. The van der Waals surface area contributed by atoms with E-state index >= 15 is 0 Å². The van der Waals surface area contributed by atoms with Crippen LogP contribution in [0.4, 0.5) is 0 Å². The van der Waals surface area contributed by atoms with Crippen molar-refractivity contribution in [1.82, 2.24) is 15.0 Å². The maximum atomic E-state index is 9.58. The molecule has 0 radical (unpaired) electrons. The van der Waals surface area contributed by atoms with Crippen LogP contribution in [0.3, 0.4) is 0 Å². The van der Waals surface area contributed by atoms with E-state index in [0.29, 0.717) is 23.0 Å². The van der Waals surface area contributed by atoms with E-state index in [4.69, 9.17) is 15.0 Å². The fourth-order valence-electron chi connectivity index (χ4n) is 9.91. The molecule has 0 atom stereocenters. The van der Waals surface area contributed by atoms with Crippen LogP contribution < -0.4 is 0 Å². The minimum absolute atomic E-state index is 0.152. The predicted octanol–water partition coefficient (Wildman–Crippen LogP) is 13.1. The number of hydrogen-bond acceptors (Lipinski definition) is 4. The van der Waals surface area contributed by atoms with Crippen molar-refractivity contribution in [2.75, 3.05) is 0 Å². The van der Waals surface area contributed by atoms with E-state index in [-0.39, 0.29) is 5.41 Å². The zero-order valence-corrected chi connectivity index (χ0v) is 33.3. The Labute approximate surface area is 350 Å². The van der Waals surface area contributed by atoms with Gasteiger partial charge in [-0.15, -0.1) is 0 Å². The number of hydrogen-bond donors (Lipinski definition) is 0. The molecule has 9 aromatic rings. The van der Waals surface area contributed by atoms with Gasteiger partial charge in [0.1, 0.15) is 0 Å². The molecule has 2 aliphatic carbocycles. The summed E-state index contributed by atoms with van der Waals surface area (Å²) in [6.07, 6.45) is 0. The number of fused-ring (bicyclic) bond motifs is 9. The van der Waals surface area contributed by atoms with Gasteiger partial charge in [-0.1, -0.05) is 184 Å². The van der Waals surface area contributed by atoms with Crippen LogP contribution >= 0.6 is 0 Å². The van der Waals surface area contributed by atoms with Crippen LogP contribution in [-0.2, 0) is 10.8 Å². The summed E-state index contributed by atoms with van der Waals surface area (Å²) in [7, 11) is 0. The Morgan fingerprint density at radius 2 is 0.850 bits per heavy atom. The smallest absolute Gasteiger partial charge is 0.164 e. The Hall–Kier alpha value is -7.74. The molecule has 0 saturated heterocycles. The largest absolute Gasteiger partial charge is 0.208 e. The van der Waals surface area contributed by atoms with E-state index in [1.165, 1.54) is 44.5 Å². The van der Waals surface area contributed by atoms with Crippen molar-refractivity contribution in [3.63, 3.8) is 0 Å². The third kappa shape index (κ3) is 5.33. The molecule has 0 bridgehead atoms. The molecule has 60 heavy (non-hydrogen) atoms. The van der Waals surface area contributed by atoms with Gasteiger partial charge in [0.15, 0.2) is 17.5 Å². The molecule has 0 amide bonds. The van der Waals surface area contributed by atoms with Crippen molar-refractivity contribution in [1.29, 1.82) is 5.26 Å². The van der Waals surface area contributed by atoms with Gasteiger partial charge in [-0.3, -0.25) is 0 Å². The Balaban J connectivity index is 1.10. The second-order valence-corrected chi connectivity index (χ2v) is 16.3.